The lowest BCUT2D eigenvalue weighted by atomic mass is 10.0. The maximum absolute atomic E-state index is 12.7. The first-order valence-electron chi connectivity index (χ1n) is 8.37. The average molecular weight is 341 g/mol. The third-order valence-corrected chi connectivity index (χ3v) is 4.34. The van der Waals surface area contributed by atoms with Crippen LogP contribution in [-0.2, 0) is 22.5 Å². The quantitative estimate of drug-likeness (QED) is 0.927. The van der Waals surface area contributed by atoms with Gasteiger partial charge in [0.1, 0.15) is 12.3 Å². The van der Waals surface area contributed by atoms with E-state index in [-0.39, 0.29) is 6.61 Å². The summed E-state index contributed by atoms with van der Waals surface area (Å²) < 4.78 is 11.1. The summed E-state index contributed by atoms with van der Waals surface area (Å²) in [5, 5.41) is 10.3. The minimum absolute atomic E-state index is 0.181. The number of carbonyl (C=O) groups excluding carboxylic acids is 1. The molecule has 0 spiro atoms. The van der Waals surface area contributed by atoms with Crippen LogP contribution < -0.4 is 0 Å². The lowest BCUT2D eigenvalue weighted by Gasteiger charge is -2.32. The van der Waals surface area contributed by atoms with Crippen molar-refractivity contribution in [1.29, 1.82) is 0 Å². The van der Waals surface area contributed by atoms with Gasteiger partial charge in [-0.25, -0.2) is 4.79 Å². The lowest BCUT2D eigenvalue weighted by molar-refractivity contribution is -0.140. The van der Waals surface area contributed by atoms with E-state index in [1.54, 1.807) is 13.8 Å². The molecule has 1 heterocycles. The minimum Gasteiger partial charge on any atom is -0.444 e. The van der Waals surface area contributed by atoms with Gasteiger partial charge in [0.05, 0.1) is 6.04 Å². The molecule has 0 aromatic heterocycles. The Hall–Kier alpha value is -2.37. The summed E-state index contributed by atoms with van der Waals surface area (Å²) in [5.41, 5.74) is 0.995. The van der Waals surface area contributed by atoms with E-state index >= 15 is 0 Å². The molecule has 2 aromatic rings. The first-order chi connectivity index (χ1) is 12.0. The zero-order valence-electron chi connectivity index (χ0n) is 14.5. The van der Waals surface area contributed by atoms with Gasteiger partial charge in [0, 0.05) is 0 Å². The fraction of sp³-hybridized carbons (Fsp3) is 0.350. The maximum atomic E-state index is 12.7. The molecule has 2 aromatic carbocycles. The predicted molar refractivity (Wildman–Crippen MR) is 93.6 cm³/mol. The number of benzene rings is 2. The molecule has 0 bridgehead atoms. The Bertz CT molecular complexity index is 702. The molecule has 1 aliphatic rings. The molecule has 0 radical (unpaired) electrons. The third kappa shape index (κ3) is 4.00. The third-order valence-electron chi connectivity index (χ3n) is 4.34. The normalized spacial score (nSPS) is 22.0. The van der Waals surface area contributed by atoms with Crippen molar-refractivity contribution in [2.75, 3.05) is 0 Å². The van der Waals surface area contributed by atoms with Crippen molar-refractivity contribution in [2.45, 2.75) is 44.9 Å². The summed E-state index contributed by atoms with van der Waals surface area (Å²) in [5.74, 6) is 0. The van der Waals surface area contributed by atoms with E-state index in [9.17, 15) is 9.90 Å². The number of hydrogen-bond acceptors (Lipinski definition) is 4. The molecular weight excluding hydrogens is 318 g/mol. The van der Waals surface area contributed by atoms with Crippen molar-refractivity contribution in [3.63, 3.8) is 0 Å². The molecule has 2 atom stereocenters. The van der Waals surface area contributed by atoms with Crippen LogP contribution in [0.3, 0.4) is 0 Å². The lowest BCUT2D eigenvalue weighted by Crippen LogP contribution is -2.49. The molecule has 132 valence electrons. The Labute approximate surface area is 147 Å². The van der Waals surface area contributed by atoms with Crippen LogP contribution in [0, 0.1) is 0 Å². The van der Waals surface area contributed by atoms with Crippen LogP contribution in [0.2, 0.25) is 0 Å². The number of amides is 1. The molecule has 1 saturated heterocycles. The molecular formula is C20H23NO4. The fourth-order valence-corrected chi connectivity index (χ4v) is 3.15. The number of ether oxygens (including phenoxy) is 2. The van der Waals surface area contributed by atoms with Gasteiger partial charge in [-0.15, -0.1) is 0 Å². The highest BCUT2D eigenvalue weighted by Gasteiger charge is 2.50. The molecule has 1 amide bonds. The van der Waals surface area contributed by atoms with Gasteiger partial charge in [-0.05, 0) is 31.4 Å². The van der Waals surface area contributed by atoms with Crippen LogP contribution in [0.1, 0.15) is 25.0 Å². The summed E-state index contributed by atoms with van der Waals surface area (Å²) in [6.45, 7) is 3.69. The van der Waals surface area contributed by atoms with Crippen molar-refractivity contribution in [3.05, 3.63) is 71.8 Å². The highest BCUT2D eigenvalue weighted by Crippen LogP contribution is 2.33. The number of nitrogens with zero attached hydrogens (tertiary/aromatic N) is 1. The van der Waals surface area contributed by atoms with E-state index in [0.29, 0.717) is 6.42 Å². The molecule has 5 nitrogen and oxygen atoms in total. The number of rotatable bonds is 4. The van der Waals surface area contributed by atoms with Gasteiger partial charge in [0.25, 0.3) is 0 Å². The fourth-order valence-electron chi connectivity index (χ4n) is 3.15. The van der Waals surface area contributed by atoms with Gasteiger partial charge in [-0.1, -0.05) is 60.7 Å². The zero-order valence-corrected chi connectivity index (χ0v) is 14.5. The van der Waals surface area contributed by atoms with E-state index in [1.807, 2.05) is 60.7 Å². The molecule has 1 N–H and O–H groups in total. The zero-order chi connectivity index (χ0) is 17.9. The number of aliphatic hydroxyl groups is 1. The van der Waals surface area contributed by atoms with Crippen molar-refractivity contribution < 1.29 is 19.4 Å². The monoisotopic (exact) mass is 341 g/mol. The average Bonchev–Trinajstić information content (AvgIpc) is 2.83. The van der Waals surface area contributed by atoms with Crippen LogP contribution in [0.4, 0.5) is 4.79 Å². The summed E-state index contributed by atoms with van der Waals surface area (Å²) in [6, 6.07) is 18.7. The molecule has 1 aliphatic heterocycles. The molecule has 2 unspecified atom stereocenters. The highest BCUT2D eigenvalue weighted by molar-refractivity contribution is 5.69. The largest absolute Gasteiger partial charge is 0.444 e. The minimum atomic E-state index is -1.06. The predicted octanol–water partition coefficient (Wildman–Crippen LogP) is 3.32. The highest BCUT2D eigenvalue weighted by atomic mass is 16.7. The van der Waals surface area contributed by atoms with Gasteiger partial charge in [0.15, 0.2) is 6.29 Å². The topological polar surface area (TPSA) is 59.0 Å². The summed E-state index contributed by atoms with van der Waals surface area (Å²) in [7, 11) is 0. The van der Waals surface area contributed by atoms with Crippen molar-refractivity contribution in [3.8, 4) is 0 Å². The Morgan fingerprint density at radius 3 is 2.24 bits per heavy atom. The van der Waals surface area contributed by atoms with Gasteiger partial charge < -0.3 is 14.6 Å². The van der Waals surface area contributed by atoms with E-state index < -0.39 is 24.2 Å². The van der Waals surface area contributed by atoms with Gasteiger partial charge in [0.2, 0.25) is 0 Å². The molecule has 0 aliphatic carbocycles. The first-order valence-corrected chi connectivity index (χ1v) is 8.37. The van der Waals surface area contributed by atoms with Crippen LogP contribution >= 0.6 is 0 Å². The van der Waals surface area contributed by atoms with E-state index in [0.717, 1.165) is 11.1 Å². The van der Waals surface area contributed by atoms with E-state index in [2.05, 4.69) is 0 Å². The SMILES string of the molecule is CC1(C)OC(O)C(Cc2ccccc2)N1C(=O)OCc1ccccc1. The molecule has 25 heavy (non-hydrogen) atoms. The molecule has 5 heteroatoms. The Morgan fingerprint density at radius 1 is 1.08 bits per heavy atom. The second-order valence-electron chi connectivity index (χ2n) is 6.62. The van der Waals surface area contributed by atoms with E-state index in [4.69, 9.17) is 9.47 Å². The smallest absolute Gasteiger partial charge is 0.412 e. The summed E-state index contributed by atoms with van der Waals surface area (Å²) in [4.78, 5) is 14.2. The van der Waals surface area contributed by atoms with Crippen LogP contribution in [0.25, 0.3) is 0 Å². The van der Waals surface area contributed by atoms with Crippen LogP contribution in [0.5, 0.6) is 0 Å². The van der Waals surface area contributed by atoms with Gasteiger partial charge in [-0.3, -0.25) is 4.90 Å². The Kier molecular flexibility index (Phi) is 5.06. The second-order valence-corrected chi connectivity index (χ2v) is 6.62. The first kappa shape index (κ1) is 17.5. The molecule has 0 saturated carbocycles. The van der Waals surface area contributed by atoms with Gasteiger partial charge >= 0.3 is 6.09 Å². The summed E-state index contributed by atoms with van der Waals surface area (Å²) in [6.07, 6.45) is -1.06. The molecule has 3 rings (SSSR count). The Balaban J connectivity index is 1.73. The maximum Gasteiger partial charge on any atom is 0.412 e. The van der Waals surface area contributed by atoms with E-state index in [1.165, 1.54) is 4.90 Å². The second kappa shape index (κ2) is 7.25. The summed E-state index contributed by atoms with van der Waals surface area (Å²) >= 11 is 0. The number of aliphatic hydroxyl groups excluding tert-OH is 1. The Morgan fingerprint density at radius 2 is 1.64 bits per heavy atom. The van der Waals surface area contributed by atoms with Crippen LogP contribution in [0.15, 0.2) is 60.7 Å². The number of carbonyl (C=O) groups is 1. The van der Waals surface area contributed by atoms with Crippen molar-refractivity contribution in [1.82, 2.24) is 4.90 Å². The van der Waals surface area contributed by atoms with Gasteiger partial charge in [-0.2, -0.15) is 0 Å². The number of hydrogen-bond donors (Lipinski definition) is 1. The standard InChI is InChI=1S/C20H23NO4/c1-20(2)21(19(23)24-14-16-11-7-4-8-12-16)17(18(22)25-20)13-15-9-5-3-6-10-15/h3-12,17-18,22H,13-14H2,1-2H3. The van der Waals surface area contributed by atoms with Crippen molar-refractivity contribution in [2.24, 2.45) is 0 Å². The van der Waals surface area contributed by atoms with Crippen molar-refractivity contribution >= 4 is 6.09 Å². The van der Waals surface area contributed by atoms with Crippen LogP contribution in [-0.4, -0.2) is 34.2 Å². The molecule has 1 fully saturated rings.